The second kappa shape index (κ2) is 36.3. The third-order valence-corrected chi connectivity index (χ3v) is 25.1. The quantitative estimate of drug-likeness (QED) is 0.0125. The molecule has 0 bridgehead atoms. The number of hydrogen-bond donors (Lipinski definition) is 0. The van der Waals surface area contributed by atoms with Gasteiger partial charge in [0.25, 0.3) is 0 Å². The zero-order chi connectivity index (χ0) is 79.8. The number of unbranched alkanes of at least 4 members (excludes halogenated alkanes) is 3. The van der Waals surface area contributed by atoms with Gasteiger partial charge in [-0.1, -0.05) is 184 Å². The van der Waals surface area contributed by atoms with Crippen molar-refractivity contribution in [2.45, 2.75) is 192 Å². The van der Waals surface area contributed by atoms with E-state index < -0.39 is 17.9 Å². The normalized spacial score (nSPS) is 19.5. The minimum atomic E-state index is -10.7. The average molecular weight is 1620 g/mol. The summed E-state index contributed by atoms with van der Waals surface area (Å²) in [6.07, 6.45) is 29.7. The van der Waals surface area contributed by atoms with Crippen LogP contribution in [-0.4, -0.2) is 92.9 Å². The van der Waals surface area contributed by atoms with E-state index in [1.165, 1.54) is 146 Å². The van der Waals surface area contributed by atoms with E-state index in [1.807, 2.05) is 23.5 Å². The number of methoxy groups -OCH3 is 2. The van der Waals surface area contributed by atoms with Gasteiger partial charge in [-0.3, -0.25) is 0 Å². The van der Waals surface area contributed by atoms with E-state index in [0.29, 0.717) is 19.4 Å². The molecule has 6 aliphatic rings. The van der Waals surface area contributed by atoms with E-state index in [9.17, 15) is 38.2 Å². The average Bonchev–Trinajstić information content (AvgIpc) is 1.60. The number of allylic oxidation sites excluding steroid dienone is 14. The molecule has 0 fully saturated rings. The van der Waals surface area contributed by atoms with Crippen LogP contribution in [0.3, 0.4) is 0 Å². The Morgan fingerprint density at radius 3 is 1.25 bits per heavy atom. The molecular formula is C91H111F6KN4O5PS3+. The Kier molecular flexibility index (Phi) is 29.2. The summed E-state index contributed by atoms with van der Waals surface area (Å²) in [7, 11) is -11.3. The van der Waals surface area contributed by atoms with Gasteiger partial charge in [-0.05, 0) is 201 Å². The molecule has 0 atom stereocenters. The molecule has 0 saturated heterocycles. The second-order valence-electron chi connectivity index (χ2n) is 32.0. The topological polar surface area (TPSA) is 88.2 Å². The Morgan fingerprint density at radius 1 is 0.477 bits per heavy atom. The van der Waals surface area contributed by atoms with Crippen molar-refractivity contribution in [1.82, 2.24) is 0 Å². The zero-order valence-electron chi connectivity index (χ0n) is 67.8. The first-order valence-corrected chi connectivity index (χ1v) is 43.8. The van der Waals surface area contributed by atoms with Crippen molar-refractivity contribution in [3.05, 3.63) is 270 Å². The maximum absolute atomic E-state index is 11.4. The van der Waals surface area contributed by atoms with E-state index >= 15 is 0 Å². The van der Waals surface area contributed by atoms with Crippen LogP contribution in [0.25, 0.3) is 0 Å². The maximum atomic E-state index is 11.4. The van der Waals surface area contributed by atoms with Crippen LogP contribution in [0, 0.1) is 27.7 Å². The van der Waals surface area contributed by atoms with Gasteiger partial charge in [-0.25, -0.2) is 8.42 Å². The van der Waals surface area contributed by atoms with Crippen LogP contribution in [0.5, 0.6) is 0 Å². The van der Waals surface area contributed by atoms with Crippen molar-refractivity contribution in [3.8, 4) is 0 Å². The zero-order valence-corrected chi connectivity index (χ0v) is 74.3. The first-order chi connectivity index (χ1) is 51.7. The van der Waals surface area contributed by atoms with Crippen molar-refractivity contribution in [2.24, 2.45) is 0 Å². The molecule has 4 heterocycles. The van der Waals surface area contributed by atoms with Gasteiger partial charge in [0, 0.05) is 141 Å². The molecule has 6 aromatic carbocycles. The molecule has 0 unspecified atom stereocenters. The van der Waals surface area contributed by atoms with Gasteiger partial charge < -0.3 is 23.8 Å². The Bertz CT molecular complexity index is 4850. The molecular weight excluding hydrogens is 1510 g/mol. The van der Waals surface area contributed by atoms with Crippen LogP contribution in [0.15, 0.2) is 235 Å². The Balaban J connectivity index is 0.000000233. The number of anilines is 2. The van der Waals surface area contributed by atoms with Crippen molar-refractivity contribution in [2.75, 3.05) is 69.2 Å². The van der Waals surface area contributed by atoms with Gasteiger partial charge >= 0.3 is 84.4 Å². The Hall–Kier alpha value is -5.64. The molecule has 111 heavy (non-hydrogen) atoms. The summed E-state index contributed by atoms with van der Waals surface area (Å²) in [5.74, 6) is -0.326. The van der Waals surface area contributed by atoms with Gasteiger partial charge in [0.05, 0.1) is 27.6 Å². The molecule has 9 nitrogen and oxygen atoms in total. The number of ether oxygens (including phenoxy) is 2. The third kappa shape index (κ3) is 22.7. The SMILES string of the molecule is CCCCC[N+]1=C(/C=C/C2=C(Sc3ccccc3)C(=C/C=C3/N(CCCCS(=O)(=O)[O-])c4ccc(C)cc4C3(C)C)/CC2)C(C)(C)c2cc(C)ccc21.COCCCN1/C(=C/C=C2\CCC(/C=C/C3=[N+](CCCOC)c4ccc(C)cc4C3(C)C)=C2Sc2ccccc2)C(C)(C)c2cc(C)ccc21.F[P-](F)(F)(F)(F)F.[K+]. The fraction of sp³-hybridized carbons (Fsp3) is 0.407. The first-order valence-electron chi connectivity index (χ1n) is 38.6. The van der Waals surface area contributed by atoms with E-state index in [0.717, 1.165) is 77.1 Å². The van der Waals surface area contributed by atoms with E-state index in [-0.39, 0.29) is 78.8 Å². The fourth-order valence-corrected chi connectivity index (χ4v) is 19.0. The number of halogens is 6. The Morgan fingerprint density at radius 2 is 0.856 bits per heavy atom. The van der Waals surface area contributed by atoms with Crippen LogP contribution in [0.2, 0.25) is 0 Å². The Labute approximate surface area is 708 Å². The van der Waals surface area contributed by atoms with Gasteiger partial charge in [0.2, 0.25) is 11.4 Å². The van der Waals surface area contributed by atoms with E-state index in [1.54, 1.807) is 14.2 Å². The summed E-state index contributed by atoms with van der Waals surface area (Å²) in [5.41, 5.74) is 26.1. The summed E-state index contributed by atoms with van der Waals surface area (Å²) in [6.45, 7) is 34.9. The summed E-state index contributed by atoms with van der Waals surface area (Å²) >= 11 is 3.76. The van der Waals surface area contributed by atoms with Crippen molar-refractivity contribution >= 4 is 75.6 Å². The van der Waals surface area contributed by atoms with Crippen LogP contribution < -0.4 is 61.2 Å². The minimum absolute atomic E-state index is 0. The van der Waals surface area contributed by atoms with E-state index in [4.69, 9.17) is 9.47 Å². The number of nitrogens with zero attached hydrogens (tertiary/aromatic N) is 4. The molecule has 0 saturated carbocycles. The number of fused-ring (bicyclic) bond motifs is 4. The number of thioether (sulfide) groups is 2. The van der Waals surface area contributed by atoms with Crippen molar-refractivity contribution in [3.63, 3.8) is 0 Å². The van der Waals surface area contributed by atoms with Crippen LogP contribution in [0.1, 0.15) is 177 Å². The van der Waals surface area contributed by atoms with Crippen LogP contribution in [-0.2, 0) is 41.3 Å². The molecule has 6 aromatic rings. The molecule has 2 aliphatic carbocycles. The molecule has 4 aliphatic heterocycles. The summed E-state index contributed by atoms with van der Waals surface area (Å²) in [4.78, 5) is 10.1. The summed E-state index contributed by atoms with van der Waals surface area (Å²) in [5, 5.41) is 0. The molecule has 0 radical (unpaired) electrons. The molecule has 0 amide bonds. The molecule has 20 heteroatoms. The first kappa shape index (κ1) is 89.3. The molecule has 0 N–H and O–H groups in total. The standard InChI is InChI=1S/C46H56N2O3S2.C45H55N2O2S.F6P.K/c1-8-9-13-28-47-40-24-18-33(2)31-38(40)45(4,5)42(47)26-22-35-20-21-36(44(35)52-37-16-11-10-12-17-37)23-27-43-46(6,7)39-32-34(3)19-25-41(39)48(43)29-14-15-30-53(49,50)51;1-32-16-22-39-37(30-32)44(3,4)41(46(39)26-12-28-48-7)24-20-34-18-19-35(43(34)50-36-14-10-9-11-15-36)21-25-42-45(5,6)38-31-33(2)17-23-40(38)47(42)27-13-29-49-8;1-7(2,3,4,5)6;/h10-12,16-19,22-27,31-32H,8-9,13-15,20-21,28-30H2,1-7H3;9-11,14-17,20-25,30-31H,12-13,18-19,26-29H2,1-8H3;;/q;+1;-1;+1. The number of rotatable bonds is 27. The third-order valence-electron chi connectivity index (χ3n) is 21.9. The van der Waals surface area contributed by atoms with Gasteiger partial charge in [-0.2, -0.15) is 9.15 Å². The predicted octanol–water partition coefficient (Wildman–Crippen LogP) is 22.3. The fourth-order valence-electron chi connectivity index (χ4n) is 16.2. The second-order valence-corrected chi connectivity index (χ2v) is 37.6. The maximum Gasteiger partial charge on any atom is 1.00 e. The van der Waals surface area contributed by atoms with Gasteiger partial charge in [0.1, 0.15) is 6.54 Å². The summed E-state index contributed by atoms with van der Waals surface area (Å²) < 4.78 is 109. The number of benzene rings is 6. The molecule has 12 rings (SSSR count). The number of hydrogen-bond acceptors (Lipinski definition) is 9. The smallest absolute Gasteiger partial charge is 1.00 e. The van der Waals surface area contributed by atoms with E-state index in [2.05, 4.69) is 291 Å². The van der Waals surface area contributed by atoms with Crippen molar-refractivity contribution < 1.29 is 108 Å². The molecule has 0 aromatic heterocycles. The molecule has 590 valence electrons. The van der Waals surface area contributed by atoms with Gasteiger partial charge in [0.15, 0.2) is 18.0 Å². The van der Waals surface area contributed by atoms with Crippen molar-refractivity contribution in [1.29, 1.82) is 0 Å². The van der Waals surface area contributed by atoms with Crippen LogP contribution >= 0.6 is 31.3 Å². The minimum Gasteiger partial charge on any atom is 1.00 e. The summed E-state index contributed by atoms with van der Waals surface area (Å²) in [6, 6.07) is 48.9. The largest absolute Gasteiger partial charge is 1.00 e. The van der Waals surface area contributed by atoms with Crippen LogP contribution in [0.4, 0.5) is 47.9 Å². The predicted molar refractivity (Wildman–Crippen MR) is 449 cm³/mol. The monoisotopic (exact) mass is 1620 g/mol. The molecule has 0 spiro atoms. The number of aryl methyl sites for hydroxylation is 4. The van der Waals surface area contributed by atoms with Gasteiger partial charge in [-0.15, -0.1) is 0 Å².